The summed E-state index contributed by atoms with van der Waals surface area (Å²) in [7, 11) is -0.870. The van der Waals surface area contributed by atoms with Crippen LogP contribution in [0.25, 0.3) is 0 Å². The summed E-state index contributed by atoms with van der Waals surface area (Å²) < 4.78 is 31.7. The molecular formula is C13H20N2O5S. The van der Waals surface area contributed by atoms with Crippen molar-refractivity contribution in [1.29, 1.82) is 0 Å². The van der Waals surface area contributed by atoms with Crippen molar-refractivity contribution in [3.05, 3.63) is 29.8 Å². The maximum atomic E-state index is 12.3. The Morgan fingerprint density at radius 2 is 2.05 bits per heavy atom. The van der Waals surface area contributed by atoms with Crippen molar-refractivity contribution in [2.45, 2.75) is 13.5 Å². The largest absolute Gasteiger partial charge is 0.497 e. The average Bonchev–Trinajstić information content (AvgIpc) is 2.44. The highest BCUT2D eigenvalue weighted by atomic mass is 32.2. The van der Waals surface area contributed by atoms with Gasteiger partial charge in [0.15, 0.2) is 0 Å². The van der Waals surface area contributed by atoms with Gasteiger partial charge in [0.05, 0.1) is 7.11 Å². The van der Waals surface area contributed by atoms with Crippen LogP contribution < -0.4 is 4.74 Å². The van der Waals surface area contributed by atoms with E-state index in [0.29, 0.717) is 5.75 Å². The molecule has 1 aromatic carbocycles. The number of nitrogens with zero attached hydrogens (tertiary/aromatic N) is 2. The molecule has 21 heavy (non-hydrogen) atoms. The number of benzene rings is 1. The Kier molecular flexibility index (Phi) is 6.13. The van der Waals surface area contributed by atoms with Crippen molar-refractivity contribution in [1.82, 2.24) is 8.61 Å². The molecule has 0 fully saturated rings. The minimum Gasteiger partial charge on any atom is -0.497 e. The summed E-state index contributed by atoms with van der Waals surface area (Å²) in [4.78, 5) is 10.7. The molecule has 0 atom stereocenters. The third-order valence-corrected chi connectivity index (χ3v) is 4.88. The molecule has 1 N–H and O–H groups in total. The lowest BCUT2D eigenvalue weighted by atomic mass is 10.2. The van der Waals surface area contributed by atoms with Crippen LogP contribution in [0, 0.1) is 0 Å². The van der Waals surface area contributed by atoms with E-state index < -0.39 is 22.7 Å². The van der Waals surface area contributed by atoms with Gasteiger partial charge in [-0.25, -0.2) is 0 Å². The Morgan fingerprint density at radius 1 is 1.38 bits per heavy atom. The number of rotatable bonds is 8. The molecule has 0 aliphatic heterocycles. The van der Waals surface area contributed by atoms with Crippen LogP contribution in [0.1, 0.15) is 12.5 Å². The molecule has 0 unspecified atom stereocenters. The van der Waals surface area contributed by atoms with E-state index >= 15 is 0 Å². The summed E-state index contributed by atoms with van der Waals surface area (Å²) >= 11 is 0. The van der Waals surface area contributed by atoms with E-state index in [4.69, 9.17) is 9.84 Å². The van der Waals surface area contributed by atoms with Crippen LogP contribution >= 0.6 is 0 Å². The van der Waals surface area contributed by atoms with Gasteiger partial charge in [0.2, 0.25) is 0 Å². The maximum Gasteiger partial charge on any atom is 0.318 e. The number of hydrogen-bond acceptors (Lipinski definition) is 4. The zero-order valence-electron chi connectivity index (χ0n) is 12.3. The summed E-state index contributed by atoms with van der Waals surface area (Å²) in [5.41, 5.74) is 0.756. The molecule has 0 aromatic heterocycles. The molecule has 118 valence electrons. The van der Waals surface area contributed by atoms with Crippen molar-refractivity contribution in [2.75, 3.05) is 27.2 Å². The highest BCUT2D eigenvalue weighted by Gasteiger charge is 2.27. The van der Waals surface area contributed by atoms with Gasteiger partial charge in [-0.05, 0) is 17.7 Å². The Hall–Kier alpha value is -1.64. The first-order chi connectivity index (χ1) is 9.81. The van der Waals surface area contributed by atoms with E-state index in [1.54, 1.807) is 31.2 Å². The standard InChI is InChI=1S/C13H20N2O5S/c1-4-15(10-13(16)17)21(18,19)14(2)9-11-6-5-7-12(8-11)20-3/h5-8H,4,9-10H2,1-3H3,(H,16,17). The van der Waals surface area contributed by atoms with E-state index in [1.807, 2.05) is 0 Å². The Balaban J connectivity index is 2.89. The van der Waals surface area contributed by atoms with E-state index in [2.05, 4.69) is 0 Å². The second-order valence-corrected chi connectivity index (χ2v) is 6.47. The smallest absolute Gasteiger partial charge is 0.318 e. The Bertz CT molecular complexity index is 588. The first-order valence-electron chi connectivity index (χ1n) is 6.37. The fraction of sp³-hybridized carbons (Fsp3) is 0.462. The normalized spacial score (nSPS) is 11.9. The van der Waals surface area contributed by atoms with Gasteiger partial charge in [0.1, 0.15) is 12.3 Å². The van der Waals surface area contributed by atoms with Crippen molar-refractivity contribution in [2.24, 2.45) is 0 Å². The third kappa shape index (κ3) is 4.69. The van der Waals surface area contributed by atoms with E-state index in [0.717, 1.165) is 14.2 Å². The predicted octanol–water partition coefficient (Wildman–Crippen LogP) is 0.778. The van der Waals surface area contributed by atoms with Crippen LogP contribution in [-0.4, -0.2) is 55.4 Å². The molecule has 0 radical (unpaired) electrons. The van der Waals surface area contributed by atoms with Gasteiger partial charge >= 0.3 is 5.97 Å². The number of methoxy groups -OCH3 is 1. The SMILES string of the molecule is CCN(CC(=O)O)S(=O)(=O)N(C)Cc1cccc(OC)c1. The van der Waals surface area contributed by atoms with Crippen LogP contribution in [0.3, 0.4) is 0 Å². The monoisotopic (exact) mass is 316 g/mol. The van der Waals surface area contributed by atoms with Gasteiger partial charge in [-0.2, -0.15) is 17.0 Å². The first-order valence-corrected chi connectivity index (χ1v) is 7.77. The number of ether oxygens (including phenoxy) is 1. The van der Waals surface area contributed by atoms with Crippen molar-refractivity contribution >= 4 is 16.2 Å². The summed E-state index contributed by atoms with van der Waals surface area (Å²) in [6, 6.07) is 7.05. The first kappa shape index (κ1) is 17.4. The zero-order valence-corrected chi connectivity index (χ0v) is 13.1. The molecule has 8 heteroatoms. The number of carbonyl (C=O) groups is 1. The summed E-state index contributed by atoms with van der Waals surface area (Å²) in [6.07, 6.45) is 0. The molecule has 0 aliphatic carbocycles. The lowest BCUT2D eigenvalue weighted by molar-refractivity contribution is -0.137. The van der Waals surface area contributed by atoms with Gasteiger partial charge in [0, 0.05) is 20.1 Å². The van der Waals surface area contributed by atoms with E-state index in [-0.39, 0.29) is 13.1 Å². The van der Waals surface area contributed by atoms with Gasteiger partial charge < -0.3 is 9.84 Å². The lowest BCUT2D eigenvalue weighted by Crippen LogP contribution is -2.43. The second kappa shape index (κ2) is 7.39. The minimum atomic E-state index is -3.82. The van der Waals surface area contributed by atoms with Crippen LogP contribution in [0.2, 0.25) is 0 Å². The number of hydrogen-bond donors (Lipinski definition) is 1. The van der Waals surface area contributed by atoms with Crippen LogP contribution in [0.4, 0.5) is 0 Å². The molecule has 0 aliphatic rings. The predicted molar refractivity (Wildman–Crippen MR) is 78.3 cm³/mol. The summed E-state index contributed by atoms with van der Waals surface area (Å²) in [6.45, 7) is 1.27. The highest BCUT2D eigenvalue weighted by Crippen LogP contribution is 2.16. The Labute approximate surface area is 124 Å². The molecule has 0 bridgehead atoms. The molecule has 0 heterocycles. The van der Waals surface area contributed by atoms with Gasteiger partial charge in [-0.15, -0.1) is 0 Å². The minimum absolute atomic E-state index is 0.0943. The fourth-order valence-corrected chi connectivity index (χ4v) is 3.12. The van der Waals surface area contributed by atoms with E-state index in [1.165, 1.54) is 14.2 Å². The number of likely N-dealkylation sites (N-methyl/N-ethyl adjacent to an activating group) is 1. The van der Waals surface area contributed by atoms with Crippen molar-refractivity contribution in [3.63, 3.8) is 0 Å². The second-order valence-electron chi connectivity index (χ2n) is 4.44. The summed E-state index contributed by atoms with van der Waals surface area (Å²) in [5.74, 6) is -0.550. The number of carboxylic acids is 1. The van der Waals surface area contributed by atoms with Gasteiger partial charge in [-0.1, -0.05) is 19.1 Å². The number of aliphatic carboxylic acids is 1. The van der Waals surface area contributed by atoms with Gasteiger partial charge in [0.25, 0.3) is 10.2 Å². The van der Waals surface area contributed by atoms with Gasteiger partial charge in [-0.3, -0.25) is 4.79 Å². The highest BCUT2D eigenvalue weighted by molar-refractivity contribution is 7.86. The van der Waals surface area contributed by atoms with Crippen molar-refractivity contribution < 1.29 is 23.1 Å². The quantitative estimate of drug-likeness (QED) is 0.766. The van der Waals surface area contributed by atoms with Crippen LogP contribution in [0.5, 0.6) is 5.75 Å². The van der Waals surface area contributed by atoms with Crippen LogP contribution in [0.15, 0.2) is 24.3 Å². The topological polar surface area (TPSA) is 87.2 Å². The zero-order chi connectivity index (χ0) is 16.0. The summed E-state index contributed by atoms with van der Waals surface area (Å²) in [5, 5.41) is 8.78. The molecule has 1 rings (SSSR count). The molecule has 0 amide bonds. The molecule has 1 aromatic rings. The molecule has 0 saturated carbocycles. The van der Waals surface area contributed by atoms with Crippen LogP contribution in [-0.2, 0) is 21.5 Å². The molecular weight excluding hydrogens is 296 g/mol. The maximum absolute atomic E-state index is 12.3. The number of carboxylic acid groups (broad SMARTS) is 1. The molecule has 0 saturated heterocycles. The lowest BCUT2D eigenvalue weighted by Gasteiger charge is -2.25. The average molecular weight is 316 g/mol. The van der Waals surface area contributed by atoms with Crippen molar-refractivity contribution in [3.8, 4) is 5.75 Å². The van der Waals surface area contributed by atoms with E-state index in [9.17, 15) is 13.2 Å². The molecule has 7 nitrogen and oxygen atoms in total. The Morgan fingerprint density at radius 3 is 2.57 bits per heavy atom. The third-order valence-electron chi connectivity index (χ3n) is 2.92. The fourth-order valence-electron chi connectivity index (χ4n) is 1.81. The molecule has 0 spiro atoms.